The van der Waals surface area contributed by atoms with Crippen molar-refractivity contribution < 1.29 is 10.2 Å². The maximum absolute atomic E-state index is 12.9. The van der Waals surface area contributed by atoms with E-state index in [1.54, 1.807) is 18.2 Å². The fourth-order valence-corrected chi connectivity index (χ4v) is 3.20. The van der Waals surface area contributed by atoms with Gasteiger partial charge < -0.3 is 19.2 Å². The summed E-state index contributed by atoms with van der Waals surface area (Å²) < 4.78 is 2.68. The standard InChI is InChI=1S/C19H18Cl2N2O4/c1-10(2)17(25)14-9-22(8-11-3-4-12(20)13(21)7-11)19(27)16-18(26)15(24)5-6-23(14)16/h3-7,9-10,17,25-26H,8H2,1-2H3. The van der Waals surface area contributed by atoms with E-state index in [9.17, 15) is 19.8 Å². The Hall–Kier alpha value is -2.28. The maximum Gasteiger partial charge on any atom is 0.279 e. The highest BCUT2D eigenvalue weighted by atomic mass is 35.5. The molecule has 0 amide bonds. The molecule has 1 atom stereocenters. The first-order chi connectivity index (χ1) is 12.7. The van der Waals surface area contributed by atoms with Crippen molar-refractivity contribution in [2.45, 2.75) is 26.5 Å². The number of rotatable bonds is 4. The van der Waals surface area contributed by atoms with Gasteiger partial charge in [-0.2, -0.15) is 0 Å². The van der Waals surface area contributed by atoms with E-state index >= 15 is 0 Å². The largest absolute Gasteiger partial charge is 0.503 e. The first-order valence-corrected chi connectivity index (χ1v) is 9.06. The smallest absolute Gasteiger partial charge is 0.279 e. The van der Waals surface area contributed by atoms with E-state index in [4.69, 9.17) is 23.2 Å². The van der Waals surface area contributed by atoms with E-state index in [1.165, 1.54) is 21.4 Å². The van der Waals surface area contributed by atoms with Gasteiger partial charge in [0.15, 0.2) is 11.3 Å². The van der Waals surface area contributed by atoms with E-state index in [0.29, 0.717) is 21.3 Å². The summed E-state index contributed by atoms with van der Waals surface area (Å²) in [4.78, 5) is 24.8. The average molecular weight is 409 g/mol. The van der Waals surface area contributed by atoms with Crippen molar-refractivity contribution in [1.82, 2.24) is 8.97 Å². The zero-order valence-corrected chi connectivity index (χ0v) is 16.2. The molecule has 0 aliphatic heterocycles. The molecule has 0 aliphatic carbocycles. The second-order valence-electron chi connectivity index (χ2n) is 6.67. The quantitative estimate of drug-likeness (QED) is 0.693. The van der Waals surface area contributed by atoms with Crippen LogP contribution in [0.3, 0.4) is 0 Å². The topological polar surface area (TPSA) is 83.9 Å². The lowest BCUT2D eigenvalue weighted by atomic mass is 10.0. The van der Waals surface area contributed by atoms with Crippen molar-refractivity contribution >= 4 is 28.7 Å². The van der Waals surface area contributed by atoms with Crippen LogP contribution in [0.4, 0.5) is 0 Å². The summed E-state index contributed by atoms with van der Waals surface area (Å²) in [5.41, 5.74) is -0.311. The Labute approximate surface area is 164 Å². The third-order valence-corrected chi connectivity index (χ3v) is 5.11. The van der Waals surface area contributed by atoms with E-state index in [0.717, 1.165) is 6.07 Å². The van der Waals surface area contributed by atoms with Gasteiger partial charge in [0.1, 0.15) is 0 Å². The van der Waals surface area contributed by atoms with Crippen molar-refractivity contribution in [2.75, 3.05) is 0 Å². The van der Waals surface area contributed by atoms with Crippen LogP contribution in [0, 0.1) is 5.92 Å². The number of nitrogens with zero attached hydrogens (tertiary/aromatic N) is 2. The monoisotopic (exact) mass is 408 g/mol. The molecule has 27 heavy (non-hydrogen) atoms. The van der Waals surface area contributed by atoms with Crippen molar-refractivity contribution in [3.63, 3.8) is 0 Å². The molecular formula is C19H18Cl2N2O4. The predicted octanol–water partition coefficient (Wildman–Crippen LogP) is 3.21. The molecule has 3 rings (SSSR count). The second-order valence-corrected chi connectivity index (χ2v) is 7.49. The highest BCUT2D eigenvalue weighted by molar-refractivity contribution is 6.42. The molecule has 1 unspecified atom stereocenters. The number of pyridine rings is 1. The molecule has 0 spiro atoms. The van der Waals surface area contributed by atoms with Crippen LogP contribution in [-0.2, 0) is 6.54 Å². The van der Waals surface area contributed by atoms with Gasteiger partial charge in [0.25, 0.3) is 5.56 Å². The number of halogens is 2. The zero-order valence-electron chi connectivity index (χ0n) is 14.7. The Balaban J connectivity index is 2.27. The number of hydrogen-bond donors (Lipinski definition) is 2. The maximum atomic E-state index is 12.9. The Morgan fingerprint density at radius 3 is 2.44 bits per heavy atom. The SMILES string of the molecule is CC(C)C(O)c1cn(Cc2ccc(Cl)c(Cl)c2)c(=O)c2c(O)c(=O)ccn12. The minimum atomic E-state index is -0.907. The first-order valence-electron chi connectivity index (χ1n) is 8.30. The van der Waals surface area contributed by atoms with Gasteiger partial charge in [-0.3, -0.25) is 9.59 Å². The van der Waals surface area contributed by atoms with Gasteiger partial charge in [-0.1, -0.05) is 43.1 Å². The van der Waals surface area contributed by atoms with Crippen LogP contribution in [0.1, 0.15) is 31.2 Å². The lowest BCUT2D eigenvalue weighted by Crippen LogP contribution is -2.27. The summed E-state index contributed by atoms with van der Waals surface area (Å²) in [5.74, 6) is -0.797. The average Bonchev–Trinajstić information content (AvgIpc) is 2.62. The van der Waals surface area contributed by atoms with Crippen molar-refractivity contribution in [3.8, 4) is 5.75 Å². The number of aromatic hydroxyl groups is 1. The highest BCUT2D eigenvalue weighted by Crippen LogP contribution is 2.25. The second kappa shape index (κ2) is 7.38. The summed E-state index contributed by atoms with van der Waals surface area (Å²) >= 11 is 12.0. The van der Waals surface area contributed by atoms with Crippen molar-refractivity contribution in [3.05, 3.63) is 78.5 Å². The summed E-state index contributed by atoms with van der Waals surface area (Å²) in [6.07, 6.45) is 1.99. The molecule has 2 heterocycles. The highest BCUT2D eigenvalue weighted by Gasteiger charge is 2.20. The minimum absolute atomic E-state index is 0.132. The van der Waals surface area contributed by atoms with Crippen LogP contribution in [0.5, 0.6) is 5.75 Å². The Morgan fingerprint density at radius 2 is 1.81 bits per heavy atom. The normalized spacial score (nSPS) is 12.7. The third kappa shape index (κ3) is 3.60. The molecular weight excluding hydrogens is 391 g/mol. The van der Waals surface area contributed by atoms with Gasteiger partial charge >= 0.3 is 0 Å². The van der Waals surface area contributed by atoms with Gasteiger partial charge in [-0.15, -0.1) is 0 Å². The zero-order chi connectivity index (χ0) is 19.9. The molecule has 142 valence electrons. The number of benzene rings is 1. The molecule has 0 fully saturated rings. The van der Waals surface area contributed by atoms with E-state index in [1.807, 2.05) is 13.8 Å². The molecule has 0 saturated heterocycles. The molecule has 1 aromatic carbocycles. The fourth-order valence-electron chi connectivity index (χ4n) is 2.88. The Kier molecular flexibility index (Phi) is 5.33. The molecule has 2 aromatic heterocycles. The first kappa shape index (κ1) is 19.5. The molecule has 0 saturated carbocycles. The van der Waals surface area contributed by atoms with Crippen LogP contribution in [-0.4, -0.2) is 19.2 Å². The van der Waals surface area contributed by atoms with Crippen LogP contribution in [0.25, 0.3) is 5.52 Å². The summed E-state index contributed by atoms with van der Waals surface area (Å²) in [6.45, 7) is 3.78. The minimum Gasteiger partial charge on any atom is -0.503 e. The van der Waals surface area contributed by atoms with Crippen molar-refractivity contribution in [2.24, 2.45) is 5.92 Å². The summed E-state index contributed by atoms with van der Waals surface area (Å²) in [5, 5.41) is 21.5. The van der Waals surface area contributed by atoms with Gasteiger partial charge in [0.05, 0.1) is 28.4 Å². The van der Waals surface area contributed by atoms with E-state index < -0.39 is 22.8 Å². The van der Waals surface area contributed by atoms with E-state index in [-0.39, 0.29) is 18.0 Å². The number of aromatic nitrogens is 2. The van der Waals surface area contributed by atoms with Crippen LogP contribution in [0.2, 0.25) is 10.0 Å². The number of aliphatic hydroxyl groups is 1. The lowest BCUT2D eigenvalue weighted by Gasteiger charge is -2.20. The summed E-state index contributed by atoms with van der Waals surface area (Å²) in [6, 6.07) is 6.13. The molecule has 0 radical (unpaired) electrons. The number of fused-ring (bicyclic) bond motifs is 1. The summed E-state index contributed by atoms with van der Waals surface area (Å²) in [7, 11) is 0. The molecule has 2 N–H and O–H groups in total. The van der Waals surface area contributed by atoms with Gasteiger partial charge in [-0.25, -0.2) is 0 Å². The van der Waals surface area contributed by atoms with Gasteiger partial charge in [-0.05, 0) is 23.6 Å². The Morgan fingerprint density at radius 1 is 1.11 bits per heavy atom. The molecule has 0 bridgehead atoms. The van der Waals surface area contributed by atoms with Crippen LogP contribution < -0.4 is 11.0 Å². The molecule has 3 aromatic rings. The van der Waals surface area contributed by atoms with Gasteiger partial charge in [0.2, 0.25) is 5.43 Å². The lowest BCUT2D eigenvalue weighted by molar-refractivity contribution is 0.120. The van der Waals surface area contributed by atoms with E-state index in [2.05, 4.69) is 0 Å². The molecule has 8 heteroatoms. The number of hydrogen-bond acceptors (Lipinski definition) is 4. The fraction of sp³-hybridized carbons (Fsp3) is 0.263. The van der Waals surface area contributed by atoms with Crippen LogP contribution >= 0.6 is 23.2 Å². The van der Waals surface area contributed by atoms with Gasteiger partial charge in [0, 0.05) is 18.5 Å². The Bertz CT molecular complexity index is 1130. The molecule has 0 aliphatic rings. The van der Waals surface area contributed by atoms with Crippen LogP contribution in [0.15, 0.2) is 46.2 Å². The predicted molar refractivity (Wildman–Crippen MR) is 105 cm³/mol. The molecule has 6 nitrogen and oxygen atoms in total. The number of aliphatic hydroxyl groups excluding tert-OH is 1. The van der Waals surface area contributed by atoms with Crippen molar-refractivity contribution in [1.29, 1.82) is 0 Å². The third-order valence-electron chi connectivity index (χ3n) is 4.37.